The van der Waals surface area contributed by atoms with Crippen molar-refractivity contribution >= 4 is 12.0 Å². The number of hydrogen-bond acceptors (Lipinski definition) is 5. The molecule has 2 N–H and O–H groups in total. The maximum absolute atomic E-state index is 12.4. The number of urea groups is 1. The average molecular weight is 348 g/mol. The van der Waals surface area contributed by atoms with Crippen LogP contribution in [0.25, 0.3) is 0 Å². The summed E-state index contributed by atoms with van der Waals surface area (Å²) in [4.78, 5) is 24.3. The molecule has 7 nitrogen and oxygen atoms in total. The van der Waals surface area contributed by atoms with Crippen molar-refractivity contribution in [1.82, 2.24) is 10.6 Å². The number of hydrogen-bond donors (Lipinski definition) is 2. The van der Waals surface area contributed by atoms with Crippen molar-refractivity contribution in [2.45, 2.75) is 26.3 Å². The third kappa shape index (κ3) is 4.96. The highest BCUT2D eigenvalue weighted by Gasteiger charge is 2.32. The minimum Gasteiger partial charge on any atom is -0.494 e. The summed E-state index contributed by atoms with van der Waals surface area (Å²) in [5, 5.41) is 5.38. The van der Waals surface area contributed by atoms with Crippen LogP contribution in [0.15, 0.2) is 35.5 Å². The van der Waals surface area contributed by atoms with Gasteiger partial charge in [0.05, 0.1) is 24.8 Å². The predicted octanol–water partition coefficient (Wildman–Crippen LogP) is 2.29. The van der Waals surface area contributed by atoms with Gasteiger partial charge in [-0.3, -0.25) is 0 Å². The van der Waals surface area contributed by atoms with E-state index in [1.807, 2.05) is 31.2 Å². The molecule has 0 radical (unpaired) electrons. The molecule has 1 atom stereocenters. The van der Waals surface area contributed by atoms with Gasteiger partial charge in [-0.1, -0.05) is 19.1 Å². The maximum Gasteiger partial charge on any atom is 0.338 e. The molecule has 0 bridgehead atoms. The number of carbonyl (C=O) groups excluding carboxylic acids is 2. The second-order valence-electron chi connectivity index (χ2n) is 5.62. The Bertz CT molecular complexity index is 639. The molecule has 1 aliphatic rings. The largest absolute Gasteiger partial charge is 0.494 e. The summed E-state index contributed by atoms with van der Waals surface area (Å²) in [5.74, 6) is 0.258. The summed E-state index contributed by atoms with van der Waals surface area (Å²) in [6, 6.07) is 6.37. The van der Waals surface area contributed by atoms with Crippen LogP contribution in [-0.4, -0.2) is 38.9 Å². The van der Waals surface area contributed by atoms with Crippen LogP contribution in [0.2, 0.25) is 0 Å². The van der Waals surface area contributed by atoms with E-state index in [1.165, 1.54) is 7.11 Å². The number of benzene rings is 1. The molecule has 0 spiro atoms. The smallest absolute Gasteiger partial charge is 0.338 e. The lowest BCUT2D eigenvalue weighted by Crippen LogP contribution is -2.45. The molecule has 1 aromatic carbocycles. The van der Waals surface area contributed by atoms with Gasteiger partial charge in [-0.15, -0.1) is 0 Å². The zero-order chi connectivity index (χ0) is 18.2. The molecule has 25 heavy (non-hydrogen) atoms. The topological polar surface area (TPSA) is 85.9 Å². The van der Waals surface area contributed by atoms with Gasteiger partial charge < -0.3 is 24.8 Å². The molecular formula is C18H24N2O5. The van der Waals surface area contributed by atoms with Gasteiger partial charge in [0.15, 0.2) is 0 Å². The Morgan fingerprint density at radius 2 is 1.88 bits per heavy atom. The van der Waals surface area contributed by atoms with E-state index in [0.29, 0.717) is 24.5 Å². The molecule has 0 saturated carbocycles. The highest BCUT2D eigenvalue weighted by atomic mass is 16.6. The Morgan fingerprint density at radius 1 is 1.16 bits per heavy atom. The van der Waals surface area contributed by atoms with Crippen LogP contribution in [0.5, 0.6) is 5.75 Å². The Kier molecular flexibility index (Phi) is 6.82. The van der Waals surface area contributed by atoms with Crippen LogP contribution in [0.1, 0.15) is 31.9 Å². The van der Waals surface area contributed by atoms with Gasteiger partial charge in [-0.05, 0) is 31.0 Å². The van der Waals surface area contributed by atoms with Crippen molar-refractivity contribution in [3.05, 3.63) is 41.1 Å². The number of amides is 2. The fourth-order valence-electron chi connectivity index (χ4n) is 2.49. The van der Waals surface area contributed by atoms with E-state index in [4.69, 9.17) is 14.2 Å². The molecule has 0 aromatic heterocycles. The van der Waals surface area contributed by atoms with Crippen LogP contribution in [0, 0.1) is 0 Å². The molecule has 1 aromatic rings. The first-order valence-corrected chi connectivity index (χ1v) is 8.24. The van der Waals surface area contributed by atoms with Gasteiger partial charge >= 0.3 is 12.0 Å². The van der Waals surface area contributed by atoms with Gasteiger partial charge in [-0.25, -0.2) is 9.59 Å². The molecule has 0 saturated heterocycles. The number of allylic oxidation sites excluding steroid dienone is 1. The normalized spacial score (nSPS) is 16.9. The van der Waals surface area contributed by atoms with Crippen LogP contribution in [0.4, 0.5) is 4.79 Å². The standard InChI is InChI=1S/C18H24N2O5/c1-4-9-24-14-7-5-13(6-8-14)16-15(12(2)19-18(22)20-16)17(21)25-11-10-23-3/h5-8,16H,4,9-11H2,1-3H3,(H2,19,20,22)/t16-/m1/s1. The molecule has 0 fully saturated rings. The van der Waals surface area contributed by atoms with E-state index in [-0.39, 0.29) is 12.6 Å². The van der Waals surface area contributed by atoms with Crippen molar-refractivity contribution in [2.24, 2.45) is 0 Å². The fraction of sp³-hybridized carbons (Fsp3) is 0.444. The lowest BCUT2D eigenvalue weighted by atomic mass is 9.95. The lowest BCUT2D eigenvalue weighted by Gasteiger charge is -2.28. The number of nitrogens with one attached hydrogen (secondary N) is 2. The molecule has 1 heterocycles. The Morgan fingerprint density at radius 3 is 2.52 bits per heavy atom. The number of ether oxygens (including phenoxy) is 3. The first kappa shape index (κ1) is 18.8. The van der Waals surface area contributed by atoms with Crippen molar-refractivity contribution in [3.8, 4) is 5.75 Å². The Hall–Kier alpha value is -2.54. The van der Waals surface area contributed by atoms with E-state index in [2.05, 4.69) is 10.6 Å². The van der Waals surface area contributed by atoms with Crippen LogP contribution < -0.4 is 15.4 Å². The molecule has 0 unspecified atom stereocenters. The summed E-state index contributed by atoms with van der Waals surface area (Å²) < 4.78 is 15.7. The van der Waals surface area contributed by atoms with Crippen LogP contribution >= 0.6 is 0 Å². The summed E-state index contributed by atoms with van der Waals surface area (Å²) in [6.45, 7) is 4.81. The molecule has 2 rings (SSSR count). The van der Waals surface area contributed by atoms with E-state index < -0.39 is 12.0 Å². The molecule has 1 aliphatic heterocycles. The van der Waals surface area contributed by atoms with Crippen molar-refractivity contribution in [1.29, 1.82) is 0 Å². The van der Waals surface area contributed by atoms with Gasteiger partial charge in [0.1, 0.15) is 12.4 Å². The SMILES string of the molecule is CCCOc1ccc([C@H]2NC(=O)NC(C)=C2C(=O)OCCOC)cc1. The molecule has 7 heteroatoms. The quantitative estimate of drug-likeness (QED) is 0.556. The zero-order valence-corrected chi connectivity index (χ0v) is 14.8. The van der Waals surface area contributed by atoms with E-state index in [9.17, 15) is 9.59 Å². The summed E-state index contributed by atoms with van der Waals surface area (Å²) in [6.07, 6.45) is 0.922. The minimum atomic E-state index is -0.580. The van der Waals surface area contributed by atoms with Gasteiger partial charge in [0.2, 0.25) is 0 Å². The van der Waals surface area contributed by atoms with E-state index >= 15 is 0 Å². The Balaban J connectivity index is 2.21. The summed E-state index contributed by atoms with van der Waals surface area (Å²) in [7, 11) is 1.53. The number of methoxy groups -OCH3 is 1. The van der Waals surface area contributed by atoms with E-state index in [0.717, 1.165) is 17.7 Å². The number of carbonyl (C=O) groups is 2. The lowest BCUT2D eigenvalue weighted by molar-refractivity contribution is -0.140. The molecule has 136 valence electrons. The second kappa shape index (κ2) is 9.08. The summed E-state index contributed by atoms with van der Waals surface area (Å²) in [5.41, 5.74) is 1.62. The van der Waals surface area contributed by atoms with Gasteiger partial charge in [-0.2, -0.15) is 0 Å². The number of esters is 1. The highest BCUT2D eigenvalue weighted by molar-refractivity contribution is 5.95. The molecule has 0 aliphatic carbocycles. The third-order valence-electron chi connectivity index (χ3n) is 3.70. The minimum absolute atomic E-state index is 0.149. The first-order valence-electron chi connectivity index (χ1n) is 8.24. The van der Waals surface area contributed by atoms with Crippen molar-refractivity contribution in [3.63, 3.8) is 0 Å². The van der Waals surface area contributed by atoms with Crippen molar-refractivity contribution < 1.29 is 23.8 Å². The predicted molar refractivity (Wildman–Crippen MR) is 92.2 cm³/mol. The molecular weight excluding hydrogens is 324 g/mol. The second-order valence-corrected chi connectivity index (χ2v) is 5.62. The number of rotatable bonds is 8. The Labute approximate surface area is 147 Å². The summed E-state index contributed by atoms with van der Waals surface area (Å²) >= 11 is 0. The first-order chi connectivity index (χ1) is 12.1. The van der Waals surface area contributed by atoms with Crippen molar-refractivity contribution in [2.75, 3.05) is 26.9 Å². The highest BCUT2D eigenvalue weighted by Crippen LogP contribution is 2.28. The third-order valence-corrected chi connectivity index (χ3v) is 3.70. The van der Waals surface area contributed by atoms with E-state index in [1.54, 1.807) is 6.92 Å². The average Bonchev–Trinajstić information content (AvgIpc) is 2.59. The van der Waals surface area contributed by atoms with Crippen LogP contribution in [-0.2, 0) is 14.3 Å². The monoisotopic (exact) mass is 348 g/mol. The van der Waals surface area contributed by atoms with Crippen LogP contribution in [0.3, 0.4) is 0 Å². The van der Waals surface area contributed by atoms with Gasteiger partial charge in [0.25, 0.3) is 0 Å². The maximum atomic E-state index is 12.4. The fourth-order valence-corrected chi connectivity index (χ4v) is 2.49. The zero-order valence-electron chi connectivity index (χ0n) is 14.8. The van der Waals surface area contributed by atoms with Gasteiger partial charge in [0, 0.05) is 12.8 Å². The molecule has 2 amide bonds.